The van der Waals surface area contributed by atoms with Gasteiger partial charge in [0.2, 0.25) is 0 Å². The summed E-state index contributed by atoms with van der Waals surface area (Å²) in [6.07, 6.45) is 0.890. The van der Waals surface area contributed by atoms with Gasteiger partial charge < -0.3 is 4.74 Å². The zero-order valence-electron chi connectivity index (χ0n) is 9.28. The van der Waals surface area contributed by atoms with E-state index in [1.165, 1.54) is 0 Å². The molecule has 0 N–H and O–H groups in total. The Morgan fingerprint density at radius 1 is 1.50 bits per heavy atom. The zero-order chi connectivity index (χ0) is 11.6. The van der Waals surface area contributed by atoms with Crippen molar-refractivity contribution < 1.29 is 9.53 Å². The molecule has 1 aliphatic carbocycles. The molecular weight excluding hydrogens is 268 g/mol. The number of rotatable bonds is 4. The molecule has 0 unspecified atom stereocenters. The van der Waals surface area contributed by atoms with E-state index >= 15 is 0 Å². The van der Waals surface area contributed by atoms with Crippen molar-refractivity contribution in [1.82, 2.24) is 0 Å². The molecule has 0 aliphatic heterocycles. The summed E-state index contributed by atoms with van der Waals surface area (Å²) >= 11 is 3.46. The molecule has 0 amide bonds. The van der Waals surface area contributed by atoms with Gasteiger partial charge in [0.1, 0.15) is 0 Å². The summed E-state index contributed by atoms with van der Waals surface area (Å²) in [5.41, 5.74) is 0.693. The number of esters is 1. The van der Waals surface area contributed by atoms with E-state index in [1.807, 2.05) is 37.3 Å². The minimum Gasteiger partial charge on any atom is -0.465 e. The number of halogens is 1. The number of hydrogen-bond acceptors (Lipinski definition) is 2. The number of hydrogen-bond donors (Lipinski definition) is 0. The normalized spacial score (nSPS) is 27.5. The molecule has 0 bridgehead atoms. The second-order valence-corrected chi connectivity index (χ2v) is 4.76. The molecular formula is C13H15BrO2. The molecule has 16 heavy (non-hydrogen) atoms. The topological polar surface area (TPSA) is 26.3 Å². The van der Waals surface area contributed by atoms with Crippen molar-refractivity contribution in [2.45, 2.75) is 18.8 Å². The summed E-state index contributed by atoms with van der Waals surface area (Å²) in [6, 6.07) is 9.94. The zero-order valence-corrected chi connectivity index (χ0v) is 10.9. The van der Waals surface area contributed by atoms with Crippen LogP contribution in [0.1, 0.15) is 18.9 Å². The Morgan fingerprint density at radius 2 is 2.19 bits per heavy atom. The number of carbonyl (C=O) groups excluding carboxylic acids is 1. The molecule has 1 aliphatic rings. The highest BCUT2D eigenvalue weighted by Crippen LogP contribution is 2.55. The fraction of sp³-hybridized carbons (Fsp3) is 0.462. The molecule has 0 saturated heterocycles. The minimum absolute atomic E-state index is 0.0781. The summed E-state index contributed by atoms with van der Waals surface area (Å²) in [5, 5.41) is 0.848. The number of benzene rings is 1. The second-order valence-electron chi connectivity index (χ2n) is 4.11. The van der Waals surface area contributed by atoms with Gasteiger partial charge in [-0.3, -0.25) is 4.79 Å². The third kappa shape index (κ3) is 1.77. The highest BCUT2D eigenvalue weighted by Gasteiger charge is 2.61. The van der Waals surface area contributed by atoms with Crippen molar-refractivity contribution in [3.05, 3.63) is 35.9 Å². The average molecular weight is 283 g/mol. The van der Waals surface area contributed by atoms with E-state index < -0.39 is 0 Å². The van der Waals surface area contributed by atoms with Crippen LogP contribution in [0, 0.1) is 5.92 Å². The standard InChI is InChI=1S/C13H15BrO2/c1-2-16-12(15)13(8-11(13)9-14)10-6-4-3-5-7-10/h3-7,11H,2,8-9H2,1H3/t11-,13+/m1/s1. The Balaban J connectivity index is 2.28. The molecule has 0 heterocycles. The molecule has 1 saturated carbocycles. The van der Waals surface area contributed by atoms with E-state index in [0.29, 0.717) is 12.5 Å². The van der Waals surface area contributed by atoms with Gasteiger partial charge >= 0.3 is 5.97 Å². The van der Waals surface area contributed by atoms with Crippen LogP contribution in [0.5, 0.6) is 0 Å². The number of carbonyl (C=O) groups is 1. The fourth-order valence-electron chi connectivity index (χ4n) is 2.23. The van der Waals surface area contributed by atoms with Gasteiger partial charge in [-0.15, -0.1) is 0 Å². The Labute approximate surface area is 104 Å². The first kappa shape index (κ1) is 11.6. The van der Waals surface area contributed by atoms with E-state index in [0.717, 1.165) is 17.3 Å². The van der Waals surface area contributed by atoms with Gasteiger partial charge in [0, 0.05) is 5.33 Å². The molecule has 3 heteroatoms. The summed E-state index contributed by atoms with van der Waals surface area (Å²) in [5.74, 6) is 0.291. The molecule has 0 radical (unpaired) electrons. The Bertz CT molecular complexity index is 377. The first-order valence-corrected chi connectivity index (χ1v) is 6.66. The predicted molar refractivity (Wildman–Crippen MR) is 66.7 cm³/mol. The molecule has 2 atom stereocenters. The van der Waals surface area contributed by atoms with Gasteiger partial charge in [0.15, 0.2) is 0 Å². The van der Waals surface area contributed by atoms with Crippen molar-refractivity contribution in [2.24, 2.45) is 5.92 Å². The predicted octanol–water partition coefficient (Wildman–Crippen LogP) is 2.90. The maximum Gasteiger partial charge on any atom is 0.316 e. The molecule has 2 rings (SSSR count). The lowest BCUT2D eigenvalue weighted by molar-refractivity contribution is -0.146. The molecule has 0 aromatic heterocycles. The van der Waals surface area contributed by atoms with E-state index in [9.17, 15) is 4.79 Å². The maximum atomic E-state index is 12.1. The Hall–Kier alpha value is -0.830. The third-order valence-electron chi connectivity index (χ3n) is 3.22. The van der Waals surface area contributed by atoms with Gasteiger partial charge in [-0.2, -0.15) is 0 Å². The smallest absolute Gasteiger partial charge is 0.316 e. The quantitative estimate of drug-likeness (QED) is 0.627. The number of alkyl halides is 1. The van der Waals surface area contributed by atoms with Crippen LogP contribution in [0.2, 0.25) is 0 Å². The minimum atomic E-state index is -0.388. The van der Waals surface area contributed by atoms with E-state index in [2.05, 4.69) is 15.9 Å². The second kappa shape index (κ2) is 4.58. The van der Waals surface area contributed by atoms with Gasteiger partial charge in [0.25, 0.3) is 0 Å². The Kier molecular flexibility index (Phi) is 3.33. The van der Waals surface area contributed by atoms with Gasteiger partial charge in [0.05, 0.1) is 12.0 Å². The molecule has 1 aromatic carbocycles. The van der Waals surface area contributed by atoms with Gasteiger partial charge in [-0.25, -0.2) is 0 Å². The SMILES string of the molecule is CCOC(=O)[C@]1(c2ccccc2)C[C@@H]1CBr. The lowest BCUT2D eigenvalue weighted by atomic mass is 9.94. The fourth-order valence-corrected chi connectivity index (χ4v) is 3.01. The largest absolute Gasteiger partial charge is 0.465 e. The monoisotopic (exact) mass is 282 g/mol. The van der Waals surface area contributed by atoms with Crippen molar-refractivity contribution in [3.8, 4) is 0 Å². The van der Waals surface area contributed by atoms with Crippen LogP contribution in [0.4, 0.5) is 0 Å². The molecule has 86 valence electrons. The highest BCUT2D eigenvalue weighted by atomic mass is 79.9. The summed E-state index contributed by atoms with van der Waals surface area (Å²) in [7, 11) is 0. The molecule has 0 spiro atoms. The van der Waals surface area contributed by atoms with Crippen LogP contribution in [-0.4, -0.2) is 17.9 Å². The van der Waals surface area contributed by atoms with Crippen LogP contribution in [0.15, 0.2) is 30.3 Å². The van der Waals surface area contributed by atoms with E-state index in [-0.39, 0.29) is 11.4 Å². The van der Waals surface area contributed by atoms with Crippen LogP contribution >= 0.6 is 15.9 Å². The van der Waals surface area contributed by atoms with Crippen LogP contribution < -0.4 is 0 Å². The van der Waals surface area contributed by atoms with E-state index in [4.69, 9.17) is 4.74 Å². The van der Waals surface area contributed by atoms with Crippen LogP contribution in [-0.2, 0) is 14.9 Å². The molecule has 2 nitrogen and oxygen atoms in total. The first-order chi connectivity index (χ1) is 7.75. The number of ether oxygens (including phenoxy) is 1. The average Bonchev–Trinajstić information content (AvgIpc) is 3.06. The summed E-state index contributed by atoms with van der Waals surface area (Å²) in [4.78, 5) is 12.1. The van der Waals surface area contributed by atoms with Crippen molar-refractivity contribution in [3.63, 3.8) is 0 Å². The van der Waals surface area contributed by atoms with Crippen molar-refractivity contribution in [1.29, 1.82) is 0 Å². The van der Waals surface area contributed by atoms with E-state index in [1.54, 1.807) is 0 Å². The Morgan fingerprint density at radius 3 is 2.69 bits per heavy atom. The van der Waals surface area contributed by atoms with Crippen LogP contribution in [0.25, 0.3) is 0 Å². The van der Waals surface area contributed by atoms with Gasteiger partial charge in [-0.1, -0.05) is 46.3 Å². The maximum absolute atomic E-state index is 12.1. The highest BCUT2D eigenvalue weighted by molar-refractivity contribution is 9.09. The van der Waals surface area contributed by atoms with Crippen molar-refractivity contribution >= 4 is 21.9 Å². The lowest BCUT2D eigenvalue weighted by Gasteiger charge is -2.15. The first-order valence-electron chi connectivity index (χ1n) is 5.54. The molecule has 1 aromatic rings. The van der Waals surface area contributed by atoms with Crippen molar-refractivity contribution in [2.75, 3.05) is 11.9 Å². The summed E-state index contributed by atoms with van der Waals surface area (Å²) in [6.45, 7) is 2.30. The summed E-state index contributed by atoms with van der Waals surface area (Å²) < 4.78 is 5.20. The van der Waals surface area contributed by atoms with Crippen LogP contribution in [0.3, 0.4) is 0 Å². The van der Waals surface area contributed by atoms with Gasteiger partial charge in [-0.05, 0) is 24.8 Å². The molecule has 1 fully saturated rings. The third-order valence-corrected chi connectivity index (χ3v) is 4.00. The lowest BCUT2D eigenvalue weighted by Crippen LogP contribution is -2.26.